The maximum Gasteiger partial charge on any atom is 0.191 e. The molecule has 2 N–H and O–H groups in total. The summed E-state index contributed by atoms with van der Waals surface area (Å²) in [6, 6.07) is 7.95. The van der Waals surface area contributed by atoms with Crippen LogP contribution in [0, 0.1) is 0 Å². The highest BCUT2D eigenvalue weighted by Crippen LogP contribution is 2.11. The minimum atomic E-state index is 0.629. The van der Waals surface area contributed by atoms with Crippen molar-refractivity contribution in [1.82, 2.24) is 20.2 Å². The van der Waals surface area contributed by atoms with Crippen LogP contribution in [0.5, 0.6) is 5.75 Å². The van der Waals surface area contributed by atoms with Crippen LogP contribution in [0.3, 0.4) is 0 Å². The monoisotopic (exact) mass is 301 g/mol. The Morgan fingerprint density at radius 3 is 2.73 bits per heavy atom. The fourth-order valence-corrected chi connectivity index (χ4v) is 1.97. The average molecular weight is 301 g/mol. The van der Waals surface area contributed by atoms with Crippen molar-refractivity contribution in [3.63, 3.8) is 0 Å². The predicted molar refractivity (Wildman–Crippen MR) is 88.0 cm³/mol. The molecule has 0 saturated carbocycles. The Labute approximate surface area is 131 Å². The highest BCUT2D eigenvalue weighted by atomic mass is 16.5. The van der Waals surface area contributed by atoms with Crippen LogP contribution >= 0.6 is 0 Å². The van der Waals surface area contributed by atoms with Crippen LogP contribution in [0.2, 0.25) is 0 Å². The first kappa shape index (κ1) is 15.9. The van der Waals surface area contributed by atoms with Gasteiger partial charge in [0.15, 0.2) is 5.96 Å². The van der Waals surface area contributed by atoms with Gasteiger partial charge in [-0.25, -0.2) is 9.98 Å². The number of imidazole rings is 1. The SMILES string of the molecule is CCNC(=NCc1ccc(OC)cc1)NCCn1ccnc1. The van der Waals surface area contributed by atoms with E-state index in [4.69, 9.17) is 4.74 Å². The summed E-state index contributed by atoms with van der Waals surface area (Å²) >= 11 is 0. The minimum Gasteiger partial charge on any atom is -0.497 e. The quantitative estimate of drug-likeness (QED) is 0.603. The lowest BCUT2D eigenvalue weighted by Gasteiger charge is -2.11. The summed E-state index contributed by atoms with van der Waals surface area (Å²) in [4.78, 5) is 8.61. The van der Waals surface area contributed by atoms with E-state index in [-0.39, 0.29) is 0 Å². The van der Waals surface area contributed by atoms with E-state index in [0.717, 1.165) is 36.9 Å². The Kier molecular flexibility index (Phi) is 6.29. The smallest absolute Gasteiger partial charge is 0.191 e. The summed E-state index contributed by atoms with van der Waals surface area (Å²) in [6.45, 7) is 5.17. The molecule has 0 radical (unpaired) electrons. The minimum absolute atomic E-state index is 0.629. The van der Waals surface area contributed by atoms with Gasteiger partial charge in [-0.3, -0.25) is 0 Å². The van der Waals surface area contributed by atoms with Gasteiger partial charge in [-0.05, 0) is 24.6 Å². The van der Waals surface area contributed by atoms with Gasteiger partial charge in [0.05, 0.1) is 20.0 Å². The third kappa shape index (κ3) is 5.12. The molecule has 1 aromatic heterocycles. The number of nitrogens with zero attached hydrogens (tertiary/aromatic N) is 3. The summed E-state index contributed by atoms with van der Waals surface area (Å²) < 4.78 is 7.18. The van der Waals surface area contributed by atoms with E-state index in [1.54, 1.807) is 13.3 Å². The van der Waals surface area contributed by atoms with Crippen molar-refractivity contribution in [1.29, 1.82) is 0 Å². The number of aliphatic imine (C=N–C) groups is 1. The number of hydrogen-bond acceptors (Lipinski definition) is 3. The van der Waals surface area contributed by atoms with Crippen molar-refractivity contribution in [2.75, 3.05) is 20.2 Å². The van der Waals surface area contributed by atoms with Crippen LogP contribution in [0.1, 0.15) is 12.5 Å². The molecule has 0 fully saturated rings. The molecule has 0 spiro atoms. The van der Waals surface area contributed by atoms with Crippen molar-refractivity contribution in [2.24, 2.45) is 4.99 Å². The zero-order chi connectivity index (χ0) is 15.6. The first-order valence-corrected chi connectivity index (χ1v) is 7.42. The highest BCUT2D eigenvalue weighted by Gasteiger charge is 1.98. The van der Waals surface area contributed by atoms with Crippen molar-refractivity contribution in [3.8, 4) is 5.75 Å². The Balaban J connectivity index is 1.85. The van der Waals surface area contributed by atoms with Gasteiger partial charge in [0.2, 0.25) is 0 Å². The maximum absolute atomic E-state index is 5.15. The van der Waals surface area contributed by atoms with Crippen LogP contribution in [-0.2, 0) is 13.1 Å². The molecule has 6 nitrogen and oxygen atoms in total. The fourth-order valence-electron chi connectivity index (χ4n) is 1.97. The molecule has 1 aromatic carbocycles. The second-order valence-electron chi connectivity index (χ2n) is 4.77. The average Bonchev–Trinajstić information content (AvgIpc) is 3.06. The molecule has 118 valence electrons. The number of guanidine groups is 1. The van der Waals surface area contributed by atoms with Crippen molar-refractivity contribution in [2.45, 2.75) is 20.0 Å². The summed E-state index contributed by atoms with van der Waals surface area (Å²) in [5.41, 5.74) is 1.15. The lowest BCUT2D eigenvalue weighted by atomic mass is 10.2. The van der Waals surface area contributed by atoms with E-state index in [9.17, 15) is 0 Å². The van der Waals surface area contributed by atoms with Gasteiger partial charge in [-0.15, -0.1) is 0 Å². The molecule has 2 rings (SSSR count). The highest BCUT2D eigenvalue weighted by molar-refractivity contribution is 5.79. The molecule has 0 aliphatic heterocycles. The molecule has 0 saturated heterocycles. The van der Waals surface area contributed by atoms with Gasteiger partial charge in [-0.2, -0.15) is 0 Å². The third-order valence-corrected chi connectivity index (χ3v) is 3.14. The largest absolute Gasteiger partial charge is 0.497 e. The summed E-state index contributed by atoms with van der Waals surface area (Å²) in [7, 11) is 1.67. The molecule has 0 atom stereocenters. The van der Waals surface area contributed by atoms with Crippen LogP contribution in [0.25, 0.3) is 0 Å². The number of nitrogens with one attached hydrogen (secondary N) is 2. The Hall–Kier alpha value is -2.50. The van der Waals surface area contributed by atoms with E-state index in [1.807, 2.05) is 41.4 Å². The Morgan fingerprint density at radius 2 is 2.09 bits per heavy atom. The molecule has 0 bridgehead atoms. The maximum atomic E-state index is 5.15. The zero-order valence-corrected chi connectivity index (χ0v) is 13.1. The van der Waals surface area contributed by atoms with Gasteiger partial charge in [-0.1, -0.05) is 12.1 Å². The zero-order valence-electron chi connectivity index (χ0n) is 13.1. The summed E-state index contributed by atoms with van der Waals surface area (Å²) in [5.74, 6) is 1.68. The number of benzene rings is 1. The fraction of sp³-hybridized carbons (Fsp3) is 0.375. The van der Waals surface area contributed by atoms with Crippen molar-refractivity contribution >= 4 is 5.96 Å². The molecule has 6 heteroatoms. The molecule has 0 aliphatic carbocycles. The molecule has 22 heavy (non-hydrogen) atoms. The van der Waals surface area contributed by atoms with E-state index < -0.39 is 0 Å². The van der Waals surface area contributed by atoms with E-state index in [0.29, 0.717) is 6.54 Å². The number of ether oxygens (including phenoxy) is 1. The normalized spacial score (nSPS) is 11.3. The number of rotatable bonds is 7. The second-order valence-corrected chi connectivity index (χ2v) is 4.77. The third-order valence-electron chi connectivity index (χ3n) is 3.14. The standard InChI is InChI=1S/C16H23N5O/c1-3-18-16(19-9-11-21-10-8-17-13-21)20-12-14-4-6-15(22-2)7-5-14/h4-8,10,13H,3,9,11-12H2,1-2H3,(H2,18,19,20). The van der Waals surface area contributed by atoms with Crippen LogP contribution in [-0.4, -0.2) is 35.7 Å². The lowest BCUT2D eigenvalue weighted by molar-refractivity contribution is 0.414. The summed E-state index contributed by atoms with van der Waals surface area (Å²) in [6.07, 6.45) is 5.54. The van der Waals surface area contributed by atoms with Crippen LogP contribution in [0.15, 0.2) is 48.0 Å². The van der Waals surface area contributed by atoms with E-state index in [1.165, 1.54) is 0 Å². The summed E-state index contributed by atoms with van der Waals surface area (Å²) in [5, 5.41) is 6.56. The molecular weight excluding hydrogens is 278 g/mol. The topological polar surface area (TPSA) is 63.5 Å². The molecular formula is C16H23N5O. The van der Waals surface area contributed by atoms with E-state index >= 15 is 0 Å². The van der Waals surface area contributed by atoms with Gasteiger partial charge in [0.25, 0.3) is 0 Å². The Morgan fingerprint density at radius 1 is 1.27 bits per heavy atom. The lowest BCUT2D eigenvalue weighted by Crippen LogP contribution is -2.38. The molecule has 1 heterocycles. The Bertz CT molecular complexity index is 563. The molecule has 2 aromatic rings. The van der Waals surface area contributed by atoms with Gasteiger partial charge < -0.3 is 19.9 Å². The predicted octanol–water partition coefficient (Wildman–Crippen LogP) is 1.65. The molecule has 0 aliphatic rings. The number of hydrogen-bond donors (Lipinski definition) is 2. The van der Waals surface area contributed by atoms with Gasteiger partial charge in [0, 0.05) is 32.0 Å². The number of aromatic nitrogens is 2. The first-order chi connectivity index (χ1) is 10.8. The van der Waals surface area contributed by atoms with Crippen LogP contribution < -0.4 is 15.4 Å². The van der Waals surface area contributed by atoms with Crippen LogP contribution in [0.4, 0.5) is 0 Å². The van der Waals surface area contributed by atoms with Crippen molar-refractivity contribution < 1.29 is 4.74 Å². The van der Waals surface area contributed by atoms with Gasteiger partial charge >= 0.3 is 0 Å². The number of methoxy groups -OCH3 is 1. The van der Waals surface area contributed by atoms with Gasteiger partial charge in [0.1, 0.15) is 5.75 Å². The van der Waals surface area contributed by atoms with Crippen molar-refractivity contribution in [3.05, 3.63) is 48.5 Å². The second kappa shape index (κ2) is 8.71. The molecule has 0 amide bonds. The van der Waals surface area contributed by atoms with E-state index in [2.05, 4.69) is 27.5 Å². The first-order valence-electron chi connectivity index (χ1n) is 7.42. The molecule has 0 unspecified atom stereocenters.